The van der Waals surface area contributed by atoms with Gasteiger partial charge < -0.3 is 21.5 Å². The Balaban J connectivity index is 0.000000165. The highest BCUT2D eigenvalue weighted by Gasteiger charge is 2.26. The van der Waals surface area contributed by atoms with Crippen molar-refractivity contribution in [3.05, 3.63) is 77.5 Å². The number of carboxylic acid groups (broad SMARTS) is 1. The number of carbonyl (C=O) groups is 1. The van der Waals surface area contributed by atoms with Crippen molar-refractivity contribution in [2.45, 2.75) is 31.2 Å². The van der Waals surface area contributed by atoms with Gasteiger partial charge in [0.2, 0.25) is 0 Å². The second-order valence-electron chi connectivity index (χ2n) is 7.46. The van der Waals surface area contributed by atoms with Gasteiger partial charge >= 0.3 is 5.97 Å². The predicted molar refractivity (Wildman–Crippen MR) is 121 cm³/mol. The van der Waals surface area contributed by atoms with E-state index < -0.39 is 22.4 Å². The average Bonchev–Trinajstić information content (AvgIpc) is 3.29. The summed E-state index contributed by atoms with van der Waals surface area (Å²) in [5.74, 6) is -0.435. The number of carboxylic acids is 1. The van der Waals surface area contributed by atoms with E-state index in [1.807, 2.05) is 11.0 Å². The first-order valence-corrected chi connectivity index (χ1v) is 10.9. The first-order valence-electron chi connectivity index (χ1n) is 9.92. The number of fused-ring (bicyclic) bond motifs is 2. The molecule has 0 radical (unpaired) electrons. The Morgan fingerprint density at radius 3 is 2.62 bits per heavy atom. The third-order valence-corrected chi connectivity index (χ3v) is 6.51. The van der Waals surface area contributed by atoms with Crippen molar-refractivity contribution in [1.29, 1.82) is 0 Å². The first kappa shape index (κ1) is 21.8. The maximum absolute atomic E-state index is 11.6. The molecular weight excluding hydrogens is 434 g/mol. The molecule has 3 heterocycles. The van der Waals surface area contributed by atoms with Crippen molar-refractivity contribution in [2.75, 3.05) is 22.9 Å². The summed E-state index contributed by atoms with van der Waals surface area (Å²) in [6.07, 6.45) is 1.97. The quantitative estimate of drug-likeness (QED) is 0.360. The molecule has 3 aromatic rings. The third-order valence-electron chi connectivity index (χ3n) is 5.54. The summed E-state index contributed by atoms with van der Waals surface area (Å²) in [4.78, 5) is 50.5. The van der Waals surface area contributed by atoms with Gasteiger partial charge in [-0.25, -0.2) is 9.78 Å². The van der Waals surface area contributed by atoms with E-state index >= 15 is 0 Å². The molecule has 10 nitrogen and oxygen atoms in total. The maximum Gasteiger partial charge on any atom is 0.342 e. The van der Waals surface area contributed by atoms with Crippen LogP contribution < -0.4 is 32.8 Å². The summed E-state index contributed by atoms with van der Waals surface area (Å²) in [6, 6.07) is 6.17. The van der Waals surface area contributed by atoms with Crippen LogP contribution in [0.5, 0.6) is 0 Å². The van der Waals surface area contributed by atoms with Crippen molar-refractivity contribution in [3.8, 4) is 0 Å². The van der Waals surface area contributed by atoms with Crippen LogP contribution in [0.4, 0.5) is 11.4 Å². The van der Waals surface area contributed by atoms with Crippen LogP contribution in [0.25, 0.3) is 0 Å². The van der Waals surface area contributed by atoms with Gasteiger partial charge in [0.05, 0.1) is 0 Å². The Hall–Kier alpha value is -3.44. The van der Waals surface area contributed by atoms with Crippen LogP contribution in [0.1, 0.15) is 27.0 Å². The second-order valence-corrected chi connectivity index (χ2v) is 8.53. The number of thioether (sulfide) groups is 1. The standard InChI is InChI=1S/C14H15N3O2.C7H6N2O3S/c15-6-8-1-2-9-3-4-17(7-10(9)5-8)12-11(16)13(18)14(12)19;10-5-4(6(11)12)3-8-7-9(5)1-2-13-7/h1-2,5H,3-4,6-7,15-16H2;3H,1-2H2,(H,11,12). The number of anilines is 2. The summed E-state index contributed by atoms with van der Waals surface area (Å²) in [6.45, 7) is 2.37. The number of aromatic nitrogens is 2. The molecule has 0 aliphatic carbocycles. The fourth-order valence-corrected chi connectivity index (χ4v) is 4.72. The molecule has 0 saturated heterocycles. The van der Waals surface area contributed by atoms with Crippen LogP contribution in [0.3, 0.4) is 0 Å². The van der Waals surface area contributed by atoms with Crippen LogP contribution in [0.2, 0.25) is 0 Å². The zero-order valence-corrected chi connectivity index (χ0v) is 17.9. The van der Waals surface area contributed by atoms with Gasteiger partial charge in [0, 0.05) is 38.1 Å². The number of aromatic carboxylic acids is 1. The van der Waals surface area contributed by atoms with Crippen LogP contribution in [0.15, 0.2) is 43.9 Å². The summed E-state index contributed by atoms with van der Waals surface area (Å²) in [5, 5.41) is 9.24. The lowest BCUT2D eigenvalue weighted by atomic mass is 9.96. The normalized spacial score (nSPS) is 14.5. The Morgan fingerprint density at radius 1 is 1.16 bits per heavy atom. The largest absolute Gasteiger partial charge is 0.477 e. The van der Waals surface area contributed by atoms with Gasteiger partial charge in [0.25, 0.3) is 16.4 Å². The zero-order chi connectivity index (χ0) is 23.0. The van der Waals surface area contributed by atoms with Gasteiger partial charge in [0.1, 0.15) is 16.9 Å². The van der Waals surface area contributed by atoms with E-state index in [1.165, 1.54) is 21.9 Å². The number of nitrogens with zero attached hydrogens (tertiary/aromatic N) is 3. The van der Waals surface area contributed by atoms with E-state index in [4.69, 9.17) is 16.6 Å². The average molecular weight is 455 g/mol. The SMILES string of the molecule is NCc1ccc2c(c1)CN(c1c(N)c(=O)c1=O)CC2.O=C(O)c1cnc2n(c1=O)CCS2. The molecule has 0 amide bonds. The molecule has 0 bridgehead atoms. The topological polar surface area (TPSA) is 162 Å². The molecule has 32 heavy (non-hydrogen) atoms. The van der Waals surface area contributed by atoms with E-state index in [-0.39, 0.29) is 11.3 Å². The van der Waals surface area contributed by atoms with Gasteiger partial charge in [-0.3, -0.25) is 19.0 Å². The molecule has 5 N–H and O–H groups in total. The zero-order valence-electron chi connectivity index (χ0n) is 17.0. The minimum atomic E-state index is -1.22. The van der Waals surface area contributed by atoms with E-state index in [9.17, 15) is 19.2 Å². The Kier molecular flexibility index (Phi) is 5.85. The highest BCUT2D eigenvalue weighted by molar-refractivity contribution is 7.99. The van der Waals surface area contributed by atoms with Crippen LogP contribution >= 0.6 is 11.8 Å². The minimum absolute atomic E-state index is 0.100. The molecule has 0 saturated carbocycles. The minimum Gasteiger partial charge on any atom is -0.477 e. The van der Waals surface area contributed by atoms with Crippen LogP contribution in [0, 0.1) is 0 Å². The number of rotatable bonds is 3. The summed E-state index contributed by atoms with van der Waals surface area (Å²) in [5.41, 5.74) is 13.5. The first-order chi connectivity index (χ1) is 15.3. The highest BCUT2D eigenvalue weighted by atomic mass is 32.2. The molecule has 0 atom stereocenters. The molecule has 2 aromatic carbocycles. The highest BCUT2D eigenvalue weighted by Crippen LogP contribution is 2.26. The molecule has 0 fully saturated rings. The summed E-state index contributed by atoms with van der Waals surface area (Å²) < 4.78 is 1.40. The van der Waals surface area contributed by atoms with Gasteiger partial charge in [-0.05, 0) is 23.1 Å². The van der Waals surface area contributed by atoms with Gasteiger partial charge in [-0.2, -0.15) is 0 Å². The Bertz CT molecular complexity index is 1340. The van der Waals surface area contributed by atoms with E-state index in [1.54, 1.807) is 0 Å². The van der Waals surface area contributed by atoms with Crippen LogP contribution in [-0.2, 0) is 26.1 Å². The number of hydrogen-bond donors (Lipinski definition) is 3. The molecule has 2 aliphatic rings. The lowest BCUT2D eigenvalue weighted by molar-refractivity contribution is 0.0693. The fourth-order valence-electron chi connectivity index (χ4n) is 3.80. The smallest absolute Gasteiger partial charge is 0.342 e. The second kappa shape index (κ2) is 8.60. The number of benzene rings is 1. The molecule has 2 aliphatic heterocycles. The lowest BCUT2D eigenvalue weighted by Gasteiger charge is -2.31. The van der Waals surface area contributed by atoms with Crippen molar-refractivity contribution in [2.24, 2.45) is 5.73 Å². The lowest BCUT2D eigenvalue weighted by Crippen LogP contribution is -2.44. The molecule has 0 spiro atoms. The molecule has 0 unspecified atom stereocenters. The van der Waals surface area contributed by atoms with Gasteiger partial charge in [-0.15, -0.1) is 0 Å². The van der Waals surface area contributed by atoms with Crippen molar-refractivity contribution < 1.29 is 9.90 Å². The van der Waals surface area contributed by atoms with E-state index in [2.05, 4.69) is 17.1 Å². The molecule has 166 valence electrons. The van der Waals surface area contributed by atoms with Crippen molar-refractivity contribution >= 4 is 29.1 Å². The molecular formula is C21H21N5O5S. The third kappa shape index (κ3) is 3.80. The van der Waals surface area contributed by atoms with Gasteiger partial charge in [0.15, 0.2) is 5.16 Å². The Labute approximate surface area is 186 Å². The summed E-state index contributed by atoms with van der Waals surface area (Å²) >= 11 is 1.46. The monoisotopic (exact) mass is 455 g/mol. The molecule has 1 aromatic heterocycles. The van der Waals surface area contributed by atoms with Gasteiger partial charge in [-0.1, -0.05) is 30.0 Å². The maximum atomic E-state index is 11.6. The number of hydrogen-bond acceptors (Lipinski definition) is 9. The Morgan fingerprint density at radius 2 is 1.94 bits per heavy atom. The fraction of sp³-hybridized carbons (Fsp3) is 0.286. The number of nitrogens with two attached hydrogens (primary N) is 2. The van der Waals surface area contributed by atoms with Crippen molar-refractivity contribution in [1.82, 2.24) is 9.55 Å². The molecule has 11 heteroatoms. The van der Waals surface area contributed by atoms with Crippen LogP contribution in [-0.4, -0.2) is 32.9 Å². The predicted octanol–water partition coefficient (Wildman–Crippen LogP) is -0.0666. The van der Waals surface area contributed by atoms with E-state index in [0.717, 1.165) is 29.5 Å². The van der Waals surface area contributed by atoms with Crippen molar-refractivity contribution in [3.63, 3.8) is 0 Å². The summed E-state index contributed by atoms with van der Waals surface area (Å²) in [7, 11) is 0. The van der Waals surface area contributed by atoms with E-state index in [0.29, 0.717) is 37.0 Å². The molecule has 5 rings (SSSR count). The number of nitrogen functional groups attached to an aromatic ring is 1.